The van der Waals surface area contributed by atoms with Crippen LogP contribution in [0.5, 0.6) is 0 Å². The van der Waals surface area contributed by atoms with Gasteiger partial charge in [0.2, 0.25) is 0 Å². The van der Waals surface area contributed by atoms with E-state index in [2.05, 4.69) is 0 Å². The smallest absolute Gasteiger partial charge is 0.328 e. The quantitative estimate of drug-likeness (QED) is 0.791. The summed E-state index contributed by atoms with van der Waals surface area (Å²) >= 11 is 0. The summed E-state index contributed by atoms with van der Waals surface area (Å²) in [4.78, 5) is 26.0. The number of esters is 1. The van der Waals surface area contributed by atoms with Gasteiger partial charge in [-0.2, -0.15) is 0 Å². The van der Waals surface area contributed by atoms with Crippen molar-refractivity contribution in [2.75, 3.05) is 14.2 Å². The van der Waals surface area contributed by atoms with Crippen molar-refractivity contribution in [3.05, 3.63) is 35.9 Å². The maximum absolute atomic E-state index is 12.6. The lowest BCUT2D eigenvalue weighted by atomic mass is 9.99. The van der Waals surface area contributed by atoms with Crippen molar-refractivity contribution >= 4 is 11.9 Å². The second kappa shape index (κ2) is 6.52. The number of nitrogens with zero attached hydrogens (tertiary/aromatic N) is 1. The van der Waals surface area contributed by atoms with E-state index in [1.807, 2.05) is 6.07 Å². The zero-order valence-corrected chi connectivity index (χ0v) is 11.7. The van der Waals surface area contributed by atoms with Gasteiger partial charge < -0.3 is 9.47 Å². The van der Waals surface area contributed by atoms with E-state index < -0.39 is 12.0 Å². The molecule has 20 heavy (non-hydrogen) atoms. The molecule has 1 aromatic carbocycles. The van der Waals surface area contributed by atoms with Crippen LogP contribution in [0, 0.1) is 0 Å². The van der Waals surface area contributed by atoms with Gasteiger partial charge in [-0.25, -0.2) is 4.79 Å². The van der Waals surface area contributed by atoms with E-state index in [4.69, 9.17) is 9.47 Å². The first-order valence-corrected chi connectivity index (χ1v) is 6.67. The highest BCUT2D eigenvalue weighted by Gasteiger charge is 2.39. The molecule has 0 aliphatic carbocycles. The lowest BCUT2D eigenvalue weighted by Crippen LogP contribution is -2.54. The Kier molecular flexibility index (Phi) is 4.74. The second-order valence-electron chi connectivity index (χ2n) is 4.74. The molecule has 1 aliphatic rings. The summed E-state index contributed by atoms with van der Waals surface area (Å²) in [6.45, 7) is 0. The minimum absolute atomic E-state index is 0.201. The van der Waals surface area contributed by atoms with Gasteiger partial charge in [-0.15, -0.1) is 0 Å². The average molecular weight is 277 g/mol. The summed E-state index contributed by atoms with van der Waals surface area (Å²) in [5.41, 5.74) is 0.547. The molecule has 1 aromatic rings. The summed E-state index contributed by atoms with van der Waals surface area (Å²) in [5, 5.41) is 0. The van der Waals surface area contributed by atoms with Crippen LogP contribution in [-0.2, 0) is 14.3 Å². The van der Waals surface area contributed by atoms with E-state index in [9.17, 15) is 9.59 Å². The molecule has 2 rings (SSSR count). The number of rotatable bonds is 3. The first-order chi connectivity index (χ1) is 9.69. The SMILES string of the molecule is COC(=O)[C@@H]1CCCC(OC)N1C(=O)c1ccccc1. The fourth-order valence-corrected chi connectivity index (χ4v) is 2.57. The Morgan fingerprint density at radius 3 is 2.45 bits per heavy atom. The molecule has 2 atom stereocenters. The molecule has 1 unspecified atom stereocenters. The van der Waals surface area contributed by atoms with E-state index in [0.29, 0.717) is 12.0 Å². The molecule has 0 N–H and O–H groups in total. The molecule has 1 fully saturated rings. The van der Waals surface area contributed by atoms with Gasteiger partial charge in [0.15, 0.2) is 0 Å². The second-order valence-corrected chi connectivity index (χ2v) is 4.74. The zero-order valence-electron chi connectivity index (χ0n) is 11.7. The van der Waals surface area contributed by atoms with Gasteiger partial charge >= 0.3 is 5.97 Å². The number of likely N-dealkylation sites (tertiary alicyclic amines) is 1. The maximum Gasteiger partial charge on any atom is 0.328 e. The van der Waals surface area contributed by atoms with Crippen molar-refractivity contribution in [1.29, 1.82) is 0 Å². The fourth-order valence-electron chi connectivity index (χ4n) is 2.57. The number of methoxy groups -OCH3 is 2. The number of carbonyl (C=O) groups excluding carboxylic acids is 2. The molecule has 5 nitrogen and oxygen atoms in total. The Hall–Kier alpha value is -1.88. The van der Waals surface area contributed by atoms with Crippen LogP contribution < -0.4 is 0 Å². The number of hydrogen-bond acceptors (Lipinski definition) is 4. The fraction of sp³-hybridized carbons (Fsp3) is 0.467. The summed E-state index contributed by atoms with van der Waals surface area (Å²) in [6.07, 6.45) is 1.77. The molecule has 5 heteroatoms. The predicted octanol–water partition coefficient (Wildman–Crippen LogP) is 1.83. The van der Waals surface area contributed by atoms with Crippen LogP contribution in [-0.4, -0.2) is 43.3 Å². The Morgan fingerprint density at radius 2 is 1.85 bits per heavy atom. The minimum Gasteiger partial charge on any atom is -0.467 e. The molecule has 0 saturated carbocycles. The third kappa shape index (κ3) is 2.82. The van der Waals surface area contributed by atoms with Crippen LogP contribution in [0.15, 0.2) is 30.3 Å². The van der Waals surface area contributed by atoms with Crippen molar-refractivity contribution in [2.45, 2.75) is 31.5 Å². The molecular weight excluding hydrogens is 258 g/mol. The molecule has 0 spiro atoms. The number of hydrogen-bond donors (Lipinski definition) is 0. The zero-order chi connectivity index (χ0) is 14.5. The Bertz CT molecular complexity index is 474. The van der Waals surface area contributed by atoms with E-state index in [0.717, 1.165) is 12.8 Å². The Balaban J connectivity index is 2.30. The van der Waals surface area contributed by atoms with Crippen LogP contribution in [0.25, 0.3) is 0 Å². The normalized spacial score (nSPS) is 22.4. The topological polar surface area (TPSA) is 55.8 Å². The highest BCUT2D eigenvalue weighted by Crippen LogP contribution is 2.26. The highest BCUT2D eigenvalue weighted by atomic mass is 16.5. The van der Waals surface area contributed by atoms with Crippen molar-refractivity contribution in [1.82, 2.24) is 4.90 Å². The van der Waals surface area contributed by atoms with Gasteiger partial charge in [0.05, 0.1) is 7.11 Å². The monoisotopic (exact) mass is 277 g/mol. The molecule has 1 aliphatic heterocycles. The maximum atomic E-state index is 12.6. The van der Waals surface area contributed by atoms with Gasteiger partial charge in [-0.05, 0) is 31.4 Å². The van der Waals surface area contributed by atoms with Gasteiger partial charge in [-0.3, -0.25) is 9.69 Å². The van der Waals surface area contributed by atoms with E-state index in [-0.39, 0.29) is 12.1 Å². The molecule has 0 radical (unpaired) electrons. The number of piperidine rings is 1. The summed E-state index contributed by atoms with van der Waals surface area (Å²) in [6, 6.07) is 8.33. The average Bonchev–Trinajstić information content (AvgIpc) is 2.53. The van der Waals surface area contributed by atoms with Crippen LogP contribution in [0.3, 0.4) is 0 Å². The van der Waals surface area contributed by atoms with Crippen molar-refractivity contribution < 1.29 is 19.1 Å². The van der Waals surface area contributed by atoms with Crippen LogP contribution in [0.1, 0.15) is 29.6 Å². The third-order valence-corrected chi connectivity index (χ3v) is 3.58. The number of benzene rings is 1. The van der Waals surface area contributed by atoms with Gasteiger partial charge in [0.25, 0.3) is 5.91 Å². The highest BCUT2D eigenvalue weighted by molar-refractivity contribution is 5.97. The minimum atomic E-state index is -0.577. The molecule has 108 valence electrons. The molecule has 0 bridgehead atoms. The summed E-state index contributed by atoms with van der Waals surface area (Å²) in [7, 11) is 2.89. The Morgan fingerprint density at radius 1 is 1.15 bits per heavy atom. The Labute approximate surface area is 118 Å². The van der Waals surface area contributed by atoms with Crippen LogP contribution in [0.4, 0.5) is 0 Å². The number of amides is 1. The molecule has 1 heterocycles. The van der Waals surface area contributed by atoms with Crippen LogP contribution in [0.2, 0.25) is 0 Å². The third-order valence-electron chi connectivity index (χ3n) is 3.58. The van der Waals surface area contributed by atoms with E-state index >= 15 is 0 Å². The van der Waals surface area contributed by atoms with Gasteiger partial charge in [0, 0.05) is 12.7 Å². The first-order valence-electron chi connectivity index (χ1n) is 6.67. The largest absolute Gasteiger partial charge is 0.467 e. The lowest BCUT2D eigenvalue weighted by molar-refractivity contribution is -0.154. The molecule has 1 amide bonds. The summed E-state index contributed by atoms with van der Waals surface area (Å²) in [5.74, 6) is -0.594. The van der Waals surface area contributed by atoms with Gasteiger partial charge in [-0.1, -0.05) is 18.2 Å². The number of ether oxygens (including phenoxy) is 2. The van der Waals surface area contributed by atoms with Crippen molar-refractivity contribution in [3.8, 4) is 0 Å². The molecular formula is C15H19NO4. The predicted molar refractivity (Wildman–Crippen MR) is 73.1 cm³/mol. The van der Waals surface area contributed by atoms with Gasteiger partial charge in [0.1, 0.15) is 12.3 Å². The lowest BCUT2D eigenvalue weighted by Gasteiger charge is -2.39. The first kappa shape index (κ1) is 14.5. The molecule has 0 aromatic heterocycles. The standard InChI is InChI=1S/C15H19NO4/c1-19-13-10-6-9-12(15(18)20-2)16(13)14(17)11-7-4-3-5-8-11/h3-5,7-8,12-13H,6,9-10H2,1-2H3/t12-,13?/m0/s1. The molecule has 1 saturated heterocycles. The van der Waals surface area contributed by atoms with Crippen LogP contribution >= 0.6 is 0 Å². The van der Waals surface area contributed by atoms with Crippen molar-refractivity contribution in [2.24, 2.45) is 0 Å². The van der Waals surface area contributed by atoms with E-state index in [1.165, 1.54) is 12.0 Å². The van der Waals surface area contributed by atoms with Crippen molar-refractivity contribution in [3.63, 3.8) is 0 Å². The summed E-state index contributed by atoms with van der Waals surface area (Å²) < 4.78 is 10.2. The number of carbonyl (C=O) groups is 2. The van der Waals surface area contributed by atoms with E-state index in [1.54, 1.807) is 31.4 Å².